The Kier molecular flexibility index (Phi) is 3.76. The second-order valence-electron chi connectivity index (χ2n) is 2.93. The number of rotatable bonds is 4. The first-order valence-corrected chi connectivity index (χ1v) is 6.14. The molecule has 0 fully saturated rings. The van der Waals surface area contributed by atoms with Crippen molar-refractivity contribution < 1.29 is 18.0 Å². The lowest BCUT2D eigenvalue weighted by Gasteiger charge is -2.19. The van der Waals surface area contributed by atoms with Gasteiger partial charge in [0.05, 0.1) is 0 Å². The van der Waals surface area contributed by atoms with E-state index in [0.717, 1.165) is 0 Å². The molecule has 0 saturated heterocycles. The lowest BCUT2D eigenvalue weighted by atomic mass is 10.2. The van der Waals surface area contributed by atoms with Gasteiger partial charge < -0.3 is 13.6 Å². The van der Waals surface area contributed by atoms with Crippen LogP contribution in [0.3, 0.4) is 0 Å². The lowest BCUT2D eigenvalue weighted by Crippen LogP contribution is -2.43. The molecule has 0 bridgehead atoms. The zero-order valence-corrected chi connectivity index (χ0v) is 9.16. The highest BCUT2D eigenvalue weighted by Gasteiger charge is 2.34. The molecule has 1 N–H and O–H groups in total. The summed E-state index contributed by atoms with van der Waals surface area (Å²) in [6.07, 6.45) is 0. The summed E-state index contributed by atoms with van der Waals surface area (Å²) in [5, 5.41) is 0. The Bertz CT molecular complexity index is 302. The third kappa shape index (κ3) is 2.88. The summed E-state index contributed by atoms with van der Waals surface area (Å²) in [4.78, 5) is 9.75. The summed E-state index contributed by atoms with van der Waals surface area (Å²) in [6.45, 7) is 0. The van der Waals surface area contributed by atoms with E-state index in [1.165, 1.54) is 26.4 Å². The monoisotopic (exact) mass is 216 g/mol. The van der Waals surface area contributed by atoms with Gasteiger partial charge in [0.25, 0.3) is 0 Å². The maximum atomic E-state index is 12.8. The topological polar surface area (TPSA) is 38.7 Å². The third-order valence-corrected chi connectivity index (χ3v) is 4.09. The fraction of sp³-hybridized carbons (Fsp3) is 0.333. The van der Waals surface area contributed by atoms with Crippen LogP contribution >= 0.6 is 0 Å². The van der Waals surface area contributed by atoms with Crippen LogP contribution in [0.1, 0.15) is 5.56 Å². The van der Waals surface area contributed by atoms with Crippen LogP contribution in [0.4, 0.5) is 4.39 Å². The third-order valence-electron chi connectivity index (χ3n) is 1.95. The minimum atomic E-state index is -3.13. The second kappa shape index (κ2) is 4.65. The molecule has 0 aliphatic heterocycles. The van der Waals surface area contributed by atoms with Gasteiger partial charge in [0, 0.05) is 20.3 Å². The average molecular weight is 216 g/mol. The molecule has 0 atom stereocenters. The van der Waals surface area contributed by atoms with Crippen LogP contribution in [0.2, 0.25) is 0 Å². The fourth-order valence-corrected chi connectivity index (χ4v) is 2.32. The van der Waals surface area contributed by atoms with Crippen molar-refractivity contribution >= 4 is 8.80 Å². The second-order valence-corrected chi connectivity index (χ2v) is 5.52. The Morgan fingerprint density at radius 2 is 2.00 bits per heavy atom. The molecule has 0 heterocycles. The molecule has 14 heavy (non-hydrogen) atoms. The standard InChI is InChI=1S/C9H13FO3Si/c1-12-14(11,13-2)7-8-4-3-5-9(10)6-8/h3-6,11H,7H2,1-2H3. The average Bonchev–Trinajstić information content (AvgIpc) is 2.18. The Labute approximate surface area is 83.5 Å². The number of hydrogen-bond acceptors (Lipinski definition) is 3. The van der Waals surface area contributed by atoms with E-state index in [0.29, 0.717) is 5.56 Å². The molecular formula is C9H13FO3Si. The van der Waals surface area contributed by atoms with Crippen molar-refractivity contribution in [2.24, 2.45) is 0 Å². The molecule has 0 radical (unpaired) electrons. The van der Waals surface area contributed by atoms with Gasteiger partial charge >= 0.3 is 8.80 Å². The van der Waals surface area contributed by atoms with Gasteiger partial charge in [-0.3, -0.25) is 0 Å². The first kappa shape index (κ1) is 11.3. The Morgan fingerprint density at radius 1 is 1.36 bits per heavy atom. The maximum absolute atomic E-state index is 12.8. The summed E-state index contributed by atoms with van der Waals surface area (Å²) in [6, 6.07) is 6.24. The van der Waals surface area contributed by atoms with Crippen molar-refractivity contribution in [2.45, 2.75) is 6.04 Å². The summed E-state index contributed by atoms with van der Waals surface area (Å²) in [7, 11) is -0.360. The van der Waals surface area contributed by atoms with Gasteiger partial charge in [-0.05, 0) is 17.7 Å². The number of hydrogen-bond donors (Lipinski definition) is 1. The molecule has 0 aromatic heterocycles. The fourth-order valence-electron chi connectivity index (χ4n) is 1.13. The number of benzene rings is 1. The first-order valence-electron chi connectivity index (χ1n) is 4.17. The molecule has 0 aliphatic carbocycles. The normalized spacial score (nSPS) is 11.7. The van der Waals surface area contributed by atoms with Crippen LogP contribution < -0.4 is 0 Å². The summed E-state index contributed by atoms with van der Waals surface area (Å²) < 4.78 is 22.6. The molecular weight excluding hydrogens is 203 g/mol. The molecule has 0 spiro atoms. The Hall–Kier alpha value is -0.753. The largest absolute Gasteiger partial charge is 0.502 e. The molecule has 0 unspecified atom stereocenters. The molecule has 1 aromatic carbocycles. The molecule has 0 aliphatic rings. The van der Waals surface area contributed by atoms with E-state index in [4.69, 9.17) is 8.85 Å². The van der Waals surface area contributed by atoms with E-state index < -0.39 is 8.80 Å². The quantitative estimate of drug-likeness (QED) is 0.767. The van der Waals surface area contributed by atoms with Crippen molar-refractivity contribution in [1.29, 1.82) is 0 Å². The molecule has 1 aromatic rings. The van der Waals surface area contributed by atoms with Crippen LogP contribution in [0.5, 0.6) is 0 Å². The van der Waals surface area contributed by atoms with Gasteiger partial charge in [0.2, 0.25) is 0 Å². The summed E-state index contributed by atoms with van der Waals surface area (Å²) in [5.41, 5.74) is 0.669. The predicted molar refractivity (Wildman–Crippen MR) is 52.1 cm³/mol. The van der Waals surface area contributed by atoms with Crippen LogP contribution in [-0.2, 0) is 14.9 Å². The molecule has 1 rings (SSSR count). The predicted octanol–water partition coefficient (Wildman–Crippen LogP) is 1.13. The van der Waals surface area contributed by atoms with Gasteiger partial charge in [-0.25, -0.2) is 4.39 Å². The van der Waals surface area contributed by atoms with Crippen LogP contribution in [0.25, 0.3) is 0 Å². The number of halogens is 1. The Morgan fingerprint density at radius 3 is 2.50 bits per heavy atom. The van der Waals surface area contributed by atoms with Crippen LogP contribution in [0, 0.1) is 5.82 Å². The highest BCUT2D eigenvalue weighted by atomic mass is 28.4. The Balaban J connectivity index is 2.77. The van der Waals surface area contributed by atoms with E-state index >= 15 is 0 Å². The zero-order chi connectivity index (χ0) is 10.6. The molecule has 0 amide bonds. The van der Waals surface area contributed by atoms with E-state index in [2.05, 4.69) is 0 Å². The van der Waals surface area contributed by atoms with Crippen molar-refractivity contribution in [2.75, 3.05) is 14.2 Å². The van der Waals surface area contributed by atoms with Crippen molar-refractivity contribution in [1.82, 2.24) is 0 Å². The minimum Gasteiger partial charge on any atom is -0.390 e. The smallest absolute Gasteiger partial charge is 0.390 e. The van der Waals surface area contributed by atoms with Gasteiger partial charge in [0.1, 0.15) is 5.82 Å². The van der Waals surface area contributed by atoms with Crippen LogP contribution in [-0.4, -0.2) is 27.8 Å². The molecule has 78 valence electrons. The zero-order valence-electron chi connectivity index (χ0n) is 8.16. The minimum absolute atomic E-state index is 0.220. The first-order chi connectivity index (χ1) is 6.59. The maximum Gasteiger partial charge on any atom is 0.502 e. The van der Waals surface area contributed by atoms with Gasteiger partial charge in [0.15, 0.2) is 0 Å². The van der Waals surface area contributed by atoms with E-state index in [-0.39, 0.29) is 11.9 Å². The molecule has 3 nitrogen and oxygen atoms in total. The molecule has 0 saturated carbocycles. The lowest BCUT2D eigenvalue weighted by molar-refractivity contribution is 0.150. The van der Waals surface area contributed by atoms with E-state index in [9.17, 15) is 9.19 Å². The van der Waals surface area contributed by atoms with Crippen molar-refractivity contribution in [3.8, 4) is 0 Å². The summed E-state index contributed by atoms with van der Waals surface area (Å²) in [5.74, 6) is -0.328. The van der Waals surface area contributed by atoms with E-state index in [1.54, 1.807) is 12.1 Å². The molecule has 5 heteroatoms. The van der Waals surface area contributed by atoms with Crippen LogP contribution in [0.15, 0.2) is 24.3 Å². The van der Waals surface area contributed by atoms with Crippen molar-refractivity contribution in [3.05, 3.63) is 35.6 Å². The highest BCUT2D eigenvalue weighted by Crippen LogP contribution is 2.11. The van der Waals surface area contributed by atoms with E-state index in [1.807, 2.05) is 0 Å². The SMILES string of the molecule is CO[Si](O)(Cc1cccc(F)c1)OC. The van der Waals surface area contributed by atoms with Gasteiger partial charge in [-0.1, -0.05) is 12.1 Å². The highest BCUT2D eigenvalue weighted by molar-refractivity contribution is 6.58. The van der Waals surface area contributed by atoms with Crippen molar-refractivity contribution in [3.63, 3.8) is 0 Å². The van der Waals surface area contributed by atoms with Gasteiger partial charge in [-0.15, -0.1) is 0 Å². The van der Waals surface area contributed by atoms with Gasteiger partial charge in [-0.2, -0.15) is 0 Å². The summed E-state index contributed by atoms with van der Waals surface area (Å²) >= 11 is 0.